The van der Waals surface area contributed by atoms with Crippen LogP contribution >= 0.6 is 27.5 Å². The number of carboxylic acid groups (broad SMARTS) is 1. The van der Waals surface area contributed by atoms with Crippen molar-refractivity contribution in [1.29, 1.82) is 0 Å². The van der Waals surface area contributed by atoms with Gasteiger partial charge >= 0.3 is 5.97 Å². The van der Waals surface area contributed by atoms with E-state index in [2.05, 4.69) is 15.9 Å². The van der Waals surface area contributed by atoms with Crippen LogP contribution in [0.4, 0.5) is 0 Å². The Bertz CT molecular complexity index is 553. The predicted octanol–water partition coefficient (Wildman–Crippen LogP) is 2.33. The number of carbonyl (C=O) groups is 2. The highest BCUT2D eigenvalue weighted by atomic mass is 79.9. The minimum absolute atomic E-state index is 0.0136. The maximum absolute atomic E-state index is 12.5. The molecule has 1 fully saturated rings. The van der Waals surface area contributed by atoms with Crippen LogP contribution in [-0.4, -0.2) is 59.5 Å². The first kappa shape index (κ1) is 16.3. The minimum atomic E-state index is -0.843. The van der Waals surface area contributed by atoms with Crippen LogP contribution in [0.15, 0.2) is 22.7 Å². The number of amides is 1. The zero-order valence-corrected chi connectivity index (χ0v) is 13.7. The molecule has 1 heterocycles. The van der Waals surface area contributed by atoms with E-state index in [1.807, 2.05) is 4.90 Å². The molecular weight excluding hydrogens is 360 g/mol. The molecule has 1 aromatic rings. The fourth-order valence-corrected chi connectivity index (χ4v) is 2.91. The number of carboxylic acids is 1. The fraction of sp³-hybridized carbons (Fsp3) is 0.429. The van der Waals surface area contributed by atoms with Gasteiger partial charge in [0.1, 0.15) is 0 Å². The molecule has 0 aromatic heterocycles. The standard InChI is InChI=1S/C14H16BrClN2O3/c15-10-2-3-12(16)11(8-10)14(21)18-5-1-4-17(6-7-18)9-13(19)20/h2-3,8H,1,4-7,9H2,(H,19,20). The lowest BCUT2D eigenvalue weighted by molar-refractivity contribution is -0.138. The molecule has 0 atom stereocenters. The molecule has 1 aromatic carbocycles. The maximum atomic E-state index is 12.5. The van der Waals surface area contributed by atoms with E-state index in [1.54, 1.807) is 23.1 Å². The molecular formula is C14H16BrClN2O3. The van der Waals surface area contributed by atoms with E-state index in [-0.39, 0.29) is 12.5 Å². The van der Waals surface area contributed by atoms with Gasteiger partial charge in [-0.25, -0.2) is 0 Å². The molecule has 1 aliphatic heterocycles. The van der Waals surface area contributed by atoms with Gasteiger partial charge in [0.2, 0.25) is 0 Å². The van der Waals surface area contributed by atoms with Crippen molar-refractivity contribution in [3.8, 4) is 0 Å². The maximum Gasteiger partial charge on any atom is 0.317 e. The first-order chi connectivity index (χ1) is 9.97. The van der Waals surface area contributed by atoms with Crippen LogP contribution in [0.2, 0.25) is 5.02 Å². The zero-order valence-electron chi connectivity index (χ0n) is 11.4. The van der Waals surface area contributed by atoms with Gasteiger partial charge in [0.05, 0.1) is 17.1 Å². The summed E-state index contributed by atoms with van der Waals surface area (Å²) in [4.78, 5) is 26.9. The van der Waals surface area contributed by atoms with Crippen LogP contribution in [0.1, 0.15) is 16.8 Å². The van der Waals surface area contributed by atoms with Crippen molar-refractivity contribution in [1.82, 2.24) is 9.80 Å². The van der Waals surface area contributed by atoms with Crippen LogP contribution in [0.25, 0.3) is 0 Å². The number of rotatable bonds is 3. The molecule has 7 heteroatoms. The Morgan fingerprint density at radius 2 is 2.00 bits per heavy atom. The number of carbonyl (C=O) groups excluding carboxylic acids is 1. The topological polar surface area (TPSA) is 60.9 Å². The van der Waals surface area contributed by atoms with Gasteiger partial charge in [-0.15, -0.1) is 0 Å². The number of nitrogens with zero attached hydrogens (tertiary/aromatic N) is 2. The van der Waals surface area contributed by atoms with Gasteiger partial charge in [0, 0.05) is 30.7 Å². The van der Waals surface area contributed by atoms with Crippen molar-refractivity contribution in [2.75, 3.05) is 32.7 Å². The van der Waals surface area contributed by atoms with Crippen molar-refractivity contribution in [3.05, 3.63) is 33.3 Å². The van der Waals surface area contributed by atoms with E-state index < -0.39 is 5.97 Å². The molecule has 0 aliphatic carbocycles. The highest BCUT2D eigenvalue weighted by Crippen LogP contribution is 2.23. The smallest absolute Gasteiger partial charge is 0.317 e. The van der Waals surface area contributed by atoms with Gasteiger partial charge in [-0.1, -0.05) is 27.5 Å². The average Bonchev–Trinajstić information content (AvgIpc) is 2.66. The Balaban J connectivity index is 2.06. The quantitative estimate of drug-likeness (QED) is 0.881. The first-order valence-electron chi connectivity index (χ1n) is 6.66. The zero-order chi connectivity index (χ0) is 15.4. The molecule has 0 radical (unpaired) electrons. The van der Waals surface area contributed by atoms with Crippen molar-refractivity contribution >= 4 is 39.4 Å². The Kier molecular flexibility index (Phi) is 5.61. The molecule has 0 unspecified atom stereocenters. The van der Waals surface area contributed by atoms with Crippen molar-refractivity contribution < 1.29 is 14.7 Å². The monoisotopic (exact) mass is 374 g/mol. The summed E-state index contributed by atoms with van der Waals surface area (Å²) in [5.74, 6) is -0.955. The van der Waals surface area contributed by atoms with Crippen molar-refractivity contribution in [2.24, 2.45) is 0 Å². The molecule has 1 N–H and O–H groups in total. The highest BCUT2D eigenvalue weighted by Gasteiger charge is 2.22. The third-order valence-corrected chi connectivity index (χ3v) is 4.22. The second-order valence-corrected chi connectivity index (χ2v) is 6.26. The van der Waals surface area contributed by atoms with Gasteiger partial charge < -0.3 is 10.0 Å². The largest absolute Gasteiger partial charge is 0.480 e. The number of hydrogen-bond acceptors (Lipinski definition) is 3. The average molecular weight is 376 g/mol. The lowest BCUT2D eigenvalue weighted by Gasteiger charge is -2.21. The molecule has 0 spiro atoms. The van der Waals surface area contributed by atoms with Gasteiger partial charge in [-0.05, 0) is 24.6 Å². The van der Waals surface area contributed by atoms with Crippen molar-refractivity contribution in [3.63, 3.8) is 0 Å². The Morgan fingerprint density at radius 1 is 1.24 bits per heavy atom. The first-order valence-corrected chi connectivity index (χ1v) is 7.83. The fourth-order valence-electron chi connectivity index (χ4n) is 2.36. The van der Waals surface area contributed by atoms with Crippen molar-refractivity contribution in [2.45, 2.75) is 6.42 Å². The third kappa shape index (κ3) is 4.43. The van der Waals surface area contributed by atoms with Gasteiger partial charge in [0.15, 0.2) is 0 Å². The summed E-state index contributed by atoms with van der Waals surface area (Å²) < 4.78 is 0.803. The van der Waals surface area contributed by atoms with E-state index >= 15 is 0 Å². The molecule has 2 rings (SSSR count). The van der Waals surface area contributed by atoms with Crippen LogP contribution in [0, 0.1) is 0 Å². The molecule has 114 valence electrons. The Labute approximate surface area is 136 Å². The number of halogens is 2. The number of benzene rings is 1. The third-order valence-electron chi connectivity index (χ3n) is 3.39. The van der Waals surface area contributed by atoms with E-state index in [9.17, 15) is 9.59 Å². The predicted molar refractivity (Wildman–Crippen MR) is 83.7 cm³/mol. The van der Waals surface area contributed by atoms with Gasteiger partial charge in [-0.2, -0.15) is 0 Å². The molecule has 0 bridgehead atoms. The van der Waals surface area contributed by atoms with E-state index in [4.69, 9.17) is 16.7 Å². The molecule has 21 heavy (non-hydrogen) atoms. The van der Waals surface area contributed by atoms with E-state index in [0.29, 0.717) is 36.8 Å². The number of aliphatic carboxylic acids is 1. The van der Waals surface area contributed by atoms with Crippen LogP contribution in [0.5, 0.6) is 0 Å². The second kappa shape index (κ2) is 7.24. The molecule has 1 aliphatic rings. The number of hydrogen-bond donors (Lipinski definition) is 1. The van der Waals surface area contributed by atoms with E-state index in [0.717, 1.165) is 10.9 Å². The molecule has 0 saturated carbocycles. The van der Waals surface area contributed by atoms with Crippen LogP contribution in [0.3, 0.4) is 0 Å². The molecule has 5 nitrogen and oxygen atoms in total. The molecule has 1 amide bonds. The highest BCUT2D eigenvalue weighted by molar-refractivity contribution is 9.10. The Hall–Kier alpha value is -1.11. The summed E-state index contributed by atoms with van der Waals surface area (Å²) in [6, 6.07) is 5.19. The normalized spacial score (nSPS) is 16.6. The van der Waals surface area contributed by atoms with Gasteiger partial charge in [0.25, 0.3) is 5.91 Å². The summed E-state index contributed by atoms with van der Waals surface area (Å²) in [6.45, 7) is 2.37. The SMILES string of the molecule is O=C(O)CN1CCCN(C(=O)c2cc(Br)ccc2Cl)CC1. The Morgan fingerprint density at radius 3 is 2.71 bits per heavy atom. The van der Waals surface area contributed by atoms with E-state index in [1.165, 1.54) is 0 Å². The summed E-state index contributed by atoms with van der Waals surface area (Å²) in [7, 11) is 0. The summed E-state index contributed by atoms with van der Waals surface area (Å²) in [5, 5.41) is 9.26. The van der Waals surface area contributed by atoms with Crippen LogP contribution < -0.4 is 0 Å². The summed E-state index contributed by atoms with van der Waals surface area (Å²) in [6.07, 6.45) is 0.755. The lowest BCUT2D eigenvalue weighted by Crippen LogP contribution is -2.36. The lowest BCUT2D eigenvalue weighted by atomic mass is 10.2. The summed E-state index contributed by atoms with van der Waals surface area (Å²) in [5.41, 5.74) is 0.470. The minimum Gasteiger partial charge on any atom is -0.480 e. The van der Waals surface area contributed by atoms with Crippen LogP contribution in [-0.2, 0) is 4.79 Å². The second-order valence-electron chi connectivity index (χ2n) is 4.94. The summed E-state index contributed by atoms with van der Waals surface area (Å²) >= 11 is 9.43. The molecule has 1 saturated heterocycles. The van der Waals surface area contributed by atoms with Gasteiger partial charge in [-0.3, -0.25) is 14.5 Å².